The highest BCUT2D eigenvalue weighted by molar-refractivity contribution is 6.52. The Balaban J connectivity index is 1.80. The molecule has 1 aliphatic rings. The van der Waals surface area contributed by atoms with Gasteiger partial charge in [-0.25, -0.2) is 0 Å². The predicted octanol–water partition coefficient (Wildman–Crippen LogP) is 5.99. The van der Waals surface area contributed by atoms with Crippen LogP contribution in [0.5, 0.6) is 0 Å². The van der Waals surface area contributed by atoms with Crippen LogP contribution in [0.25, 0.3) is 0 Å². The van der Waals surface area contributed by atoms with Crippen molar-refractivity contribution in [2.75, 3.05) is 16.0 Å². The zero-order chi connectivity index (χ0) is 22.2. The third kappa shape index (κ3) is 5.13. The lowest BCUT2D eigenvalue weighted by Gasteiger charge is -2.14. The molecule has 0 aromatic heterocycles. The van der Waals surface area contributed by atoms with E-state index in [0.29, 0.717) is 12.1 Å². The maximum absolute atomic E-state index is 12.8. The van der Waals surface area contributed by atoms with Crippen LogP contribution in [-0.2, 0) is 9.59 Å². The van der Waals surface area contributed by atoms with Crippen molar-refractivity contribution in [3.63, 3.8) is 0 Å². The number of hydrogen-bond donors (Lipinski definition) is 3. The minimum absolute atomic E-state index is 0.0564. The van der Waals surface area contributed by atoms with Gasteiger partial charge >= 0.3 is 0 Å². The number of anilines is 3. The van der Waals surface area contributed by atoms with Crippen LogP contribution in [0.15, 0.2) is 30.3 Å². The molecule has 3 amide bonds. The van der Waals surface area contributed by atoms with E-state index >= 15 is 0 Å². The number of halogens is 5. The van der Waals surface area contributed by atoms with Crippen LogP contribution in [0.2, 0.25) is 15.1 Å². The monoisotopic (exact) mass is 507 g/mol. The molecule has 0 saturated heterocycles. The molecule has 3 N–H and O–H groups in total. The van der Waals surface area contributed by atoms with E-state index in [-0.39, 0.29) is 43.8 Å². The van der Waals surface area contributed by atoms with E-state index in [9.17, 15) is 14.4 Å². The second-order valence-corrected chi connectivity index (χ2v) is 9.36. The van der Waals surface area contributed by atoms with Gasteiger partial charge in [0.2, 0.25) is 11.8 Å². The fourth-order valence-corrected chi connectivity index (χ4v) is 3.86. The number of carbonyl (C=O) groups is 3. The van der Waals surface area contributed by atoms with Crippen molar-refractivity contribution in [2.24, 2.45) is 5.92 Å². The number of benzene rings is 2. The maximum atomic E-state index is 12.8. The van der Waals surface area contributed by atoms with E-state index in [4.69, 9.17) is 58.0 Å². The molecular formula is C19H14Cl5N3O3. The van der Waals surface area contributed by atoms with Gasteiger partial charge in [-0.3, -0.25) is 14.4 Å². The van der Waals surface area contributed by atoms with Gasteiger partial charge in [0, 0.05) is 12.6 Å². The highest BCUT2D eigenvalue weighted by Crippen LogP contribution is 2.53. The normalized spacial score (nSPS) is 16.5. The van der Waals surface area contributed by atoms with Crippen molar-refractivity contribution in [2.45, 2.75) is 17.7 Å². The Kier molecular flexibility index (Phi) is 6.75. The number of hydrogen-bond acceptors (Lipinski definition) is 3. The van der Waals surface area contributed by atoms with Gasteiger partial charge in [0.05, 0.1) is 37.9 Å². The quantitative estimate of drug-likeness (QED) is 0.433. The van der Waals surface area contributed by atoms with Crippen LogP contribution < -0.4 is 16.0 Å². The summed E-state index contributed by atoms with van der Waals surface area (Å²) in [5.41, 5.74) is 0.838. The smallest absolute Gasteiger partial charge is 0.257 e. The fourth-order valence-electron chi connectivity index (χ4n) is 2.63. The molecule has 1 unspecified atom stereocenters. The zero-order valence-corrected chi connectivity index (χ0v) is 19.1. The molecule has 0 radical (unpaired) electrons. The largest absolute Gasteiger partial charge is 0.326 e. The third-order valence-corrected chi connectivity index (χ3v) is 6.13. The number of rotatable bonds is 5. The third-order valence-electron chi connectivity index (χ3n) is 4.26. The molecule has 2 aromatic carbocycles. The molecule has 30 heavy (non-hydrogen) atoms. The van der Waals surface area contributed by atoms with Crippen molar-refractivity contribution >= 4 is 92.8 Å². The van der Waals surface area contributed by atoms with E-state index in [2.05, 4.69) is 16.0 Å². The van der Waals surface area contributed by atoms with Gasteiger partial charge in [0.25, 0.3) is 5.91 Å². The fraction of sp³-hybridized carbons (Fsp3) is 0.211. The SMILES string of the molecule is CC(=O)Nc1c(Cl)ccc(NC(=O)c2cc(NC(=O)C3CC3(Cl)Cl)ccc2Cl)c1Cl. The molecule has 1 fully saturated rings. The zero-order valence-electron chi connectivity index (χ0n) is 15.3. The van der Waals surface area contributed by atoms with E-state index < -0.39 is 16.2 Å². The molecule has 0 aliphatic heterocycles. The molecular weight excluding hydrogens is 495 g/mol. The molecule has 3 rings (SSSR count). The summed E-state index contributed by atoms with van der Waals surface area (Å²) in [6.07, 6.45) is 0.356. The van der Waals surface area contributed by atoms with Crippen LogP contribution >= 0.6 is 58.0 Å². The number of alkyl halides is 2. The summed E-state index contributed by atoms with van der Waals surface area (Å²) in [4.78, 5) is 36.3. The molecule has 158 valence electrons. The maximum Gasteiger partial charge on any atom is 0.257 e. The summed E-state index contributed by atoms with van der Waals surface area (Å²) in [7, 11) is 0. The van der Waals surface area contributed by atoms with Crippen LogP contribution in [0.4, 0.5) is 17.1 Å². The molecule has 1 aliphatic carbocycles. The van der Waals surface area contributed by atoms with Gasteiger partial charge < -0.3 is 16.0 Å². The van der Waals surface area contributed by atoms with Crippen LogP contribution in [0, 0.1) is 5.92 Å². The van der Waals surface area contributed by atoms with Crippen molar-refractivity contribution in [3.8, 4) is 0 Å². The van der Waals surface area contributed by atoms with Gasteiger partial charge in [-0.15, -0.1) is 23.2 Å². The van der Waals surface area contributed by atoms with Crippen LogP contribution in [0.1, 0.15) is 23.7 Å². The van der Waals surface area contributed by atoms with Gasteiger partial charge in [-0.1, -0.05) is 34.8 Å². The second kappa shape index (κ2) is 8.81. The van der Waals surface area contributed by atoms with Gasteiger partial charge in [0.1, 0.15) is 4.33 Å². The average Bonchev–Trinajstić information content (AvgIpc) is 3.31. The Labute approximate surface area is 197 Å². The Morgan fingerprint density at radius 3 is 2.20 bits per heavy atom. The van der Waals surface area contributed by atoms with Crippen molar-refractivity contribution in [1.29, 1.82) is 0 Å². The van der Waals surface area contributed by atoms with E-state index in [0.717, 1.165) is 0 Å². The summed E-state index contributed by atoms with van der Waals surface area (Å²) >= 11 is 30.3. The minimum Gasteiger partial charge on any atom is -0.326 e. The Bertz CT molecular complexity index is 1060. The van der Waals surface area contributed by atoms with Crippen molar-refractivity contribution in [3.05, 3.63) is 51.0 Å². The number of nitrogens with one attached hydrogen (secondary N) is 3. The molecule has 0 spiro atoms. The molecule has 0 heterocycles. The second-order valence-electron chi connectivity index (χ2n) is 6.62. The summed E-state index contributed by atoms with van der Waals surface area (Å²) in [5, 5.41) is 8.22. The van der Waals surface area contributed by atoms with E-state index in [1.54, 1.807) is 6.07 Å². The van der Waals surface area contributed by atoms with E-state index in [1.165, 1.54) is 31.2 Å². The molecule has 1 atom stereocenters. The number of amides is 3. The highest BCUT2D eigenvalue weighted by atomic mass is 35.5. The lowest BCUT2D eigenvalue weighted by atomic mass is 10.1. The first-order valence-electron chi connectivity index (χ1n) is 8.55. The van der Waals surface area contributed by atoms with E-state index in [1.807, 2.05) is 0 Å². The first-order valence-corrected chi connectivity index (χ1v) is 10.4. The summed E-state index contributed by atoms with van der Waals surface area (Å²) in [6, 6.07) is 7.40. The van der Waals surface area contributed by atoms with Gasteiger partial charge in [-0.05, 0) is 36.8 Å². The predicted molar refractivity (Wildman–Crippen MR) is 121 cm³/mol. The van der Waals surface area contributed by atoms with Crippen molar-refractivity contribution < 1.29 is 14.4 Å². The Morgan fingerprint density at radius 2 is 1.60 bits per heavy atom. The standard InChI is InChI=1S/C19H14Cl5N3O3/c1-8(28)25-16-13(21)4-5-14(15(16)22)27-17(29)10-6-9(2-3-12(10)20)26-18(30)11-7-19(11,23)24/h2-6,11H,7H2,1H3,(H,25,28)(H,26,30)(H,27,29). The highest BCUT2D eigenvalue weighted by Gasteiger charge is 2.56. The molecule has 11 heteroatoms. The Morgan fingerprint density at radius 1 is 0.967 bits per heavy atom. The lowest BCUT2D eigenvalue weighted by molar-refractivity contribution is -0.117. The summed E-state index contributed by atoms with van der Waals surface area (Å²) in [5.74, 6) is -1.82. The molecule has 2 aromatic rings. The molecule has 0 bridgehead atoms. The minimum atomic E-state index is -1.06. The first-order chi connectivity index (χ1) is 14.0. The molecule has 1 saturated carbocycles. The summed E-state index contributed by atoms with van der Waals surface area (Å²) in [6.45, 7) is 1.30. The first kappa shape index (κ1) is 23.0. The molecule has 6 nitrogen and oxygen atoms in total. The summed E-state index contributed by atoms with van der Waals surface area (Å²) < 4.78 is -1.06. The number of carbonyl (C=O) groups excluding carboxylic acids is 3. The van der Waals surface area contributed by atoms with Crippen molar-refractivity contribution in [1.82, 2.24) is 0 Å². The average molecular weight is 510 g/mol. The topological polar surface area (TPSA) is 87.3 Å². The lowest BCUT2D eigenvalue weighted by Crippen LogP contribution is -2.18. The van der Waals surface area contributed by atoms with Crippen LogP contribution in [0.3, 0.4) is 0 Å². The van der Waals surface area contributed by atoms with Crippen LogP contribution in [-0.4, -0.2) is 22.1 Å². The Hall–Kier alpha value is -1.70. The van der Waals surface area contributed by atoms with Gasteiger partial charge in [-0.2, -0.15) is 0 Å². The van der Waals surface area contributed by atoms with Gasteiger partial charge in [0.15, 0.2) is 0 Å².